The van der Waals surface area contributed by atoms with E-state index in [1.165, 1.54) is 13.8 Å². The van der Waals surface area contributed by atoms with Gasteiger partial charge in [-0.1, -0.05) is 6.58 Å². The van der Waals surface area contributed by atoms with Gasteiger partial charge in [-0.2, -0.15) is 0 Å². The first kappa shape index (κ1) is 13.2. The molecule has 0 aliphatic heterocycles. The van der Waals surface area contributed by atoms with Crippen LogP contribution in [-0.4, -0.2) is 35.9 Å². The number of carboxylic acids is 1. The van der Waals surface area contributed by atoms with Crippen LogP contribution in [0.15, 0.2) is 12.3 Å². The lowest BCUT2D eigenvalue weighted by Gasteiger charge is -2.14. The van der Waals surface area contributed by atoms with Gasteiger partial charge in [0.2, 0.25) is 0 Å². The highest BCUT2D eigenvalue weighted by Crippen LogP contribution is 2.37. The summed E-state index contributed by atoms with van der Waals surface area (Å²) in [6.45, 7) is 4.62. The van der Waals surface area contributed by atoms with E-state index in [9.17, 15) is 9.36 Å². The minimum Gasteiger partial charge on any atom is -0.501 e. The van der Waals surface area contributed by atoms with E-state index in [-0.39, 0.29) is 18.3 Å². The Labute approximate surface area is 82.8 Å². The van der Waals surface area contributed by atoms with Gasteiger partial charge in [-0.3, -0.25) is 9.36 Å². The van der Waals surface area contributed by atoms with Crippen molar-refractivity contribution in [2.45, 2.75) is 6.42 Å². The topological polar surface area (TPSA) is 83.8 Å². The van der Waals surface area contributed by atoms with Gasteiger partial charge in [0.05, 0.1) is 7.11 Å². The number of hydrogen-bond acceptors (Lipinski definition) is 3. The molecule has 0 aliphatic rings. The molecule has 0 radical (unpaired) electrons. The van der Waals surface area contributed by atoms with Crippen molar-refractivity contribution in [1.29, 1.82) is 0 Å². The summed E-state index contributed by atoms with van der Waals surface area (Å²) in [6, 6.07) is 0. The van der Waals surface area contributed by atoms with Gasteiger partial charge in [0.15, 0.2) is 7.37 Å². The molecular formula is C8H15O5P. The minimum atomic E-state index is -3.17. The van der Waals surface area contributed by atoms with Crippen LogP contribution in [0.1, 0.15) is 6.42 Å². The molecule has 0 saturated heterocycles. The van der Waals surface area contributed by atoms with Gasteiger partial charge in [0.25, 0.3) is 0 Å². The summed E-state index contributed by atoms with van der Waals surface area (Å²) < 4.78 is 15.6. The molecule has 0 rings (SSSR count). The van der Waals surface area contributed by atoms with Crippen LogP contribution < -0.4 is 0 Å². The third-order valence-electron chi connectivity index (χ3n) is 1.78. The highest BCUT2D eigenvalue weighted by atomic mass is 31.2. The first-order chi connectivity index (χ1) is 6.28. The van der Waals surface area contributed by atoms with E-state index in [1.54, 1.807) is 0 Å². The number of aliphatic carboxylic acids is 1. The average molecular weight is 222 g/mol. The van der Waals surface area contributed by atoms with Gasteiger partial charge in [0, 0.05) is 12.8 Å². The monoisotopic (exact) mass is 222 g/mol. The molecule has 2 unspecified atom stereocenters. The van der Waals surface area contributed by atoms with E-state index in [0.29, 0.717) is 0 Å². The van der Waals surface area contributed by atoms with Crippen molar-refractivity contribution < 1.29 is 24.1 Å². The number of hydrogen-bond donors (Lipinski definition) is 2. The SMILES string of the molecule is C=C(OC)C(CCP(C)(=O)O)C(=O)O. The Morgan fingerprint density at radius 2 is 2.14 bits per heavy atom. The highest BCUT2D eigenvalue weighted by molar-refractivity contribution is 7.57. The van der Waals surface area contributed by atoms with Crippen LogP contribution >= 0.6 is 7.37 Å². The fraction of sp³-hybridized carbons (Fsp3) is 0.625. The molecule has 0 aromatic carbocycles. The second-order valence-electron chi connectivity index (χ2n) is 3.12. The summed E-state index contributed by atoms with van der Waals surface area (Å²) in [6.07, 6.45) is 0.0125. The first-order valence-electron chi connectivity index (χ1n) is 4.03. The van der Waals surface area contributed by atoms with E-state index in [2.05, 4.69) is 6.58 Å². The molecular weight excluding hydrogens is 207 g/mol. The number of rotatable bonds is 6. The lowest BCUT2D eigenvalue weighted by molar-refractivity contribution is -0.141. The van der Waals surface area contributed by atoms with E-state index < -0.39 is 19.3 Å². The van der Waals surface area contributed by atoms with E-state index in [0.717, 1.165) is 0 Å². The lowest BCUT2D eigenvalue weighted by Crippen LogP contribution is -2.18. The molecule has 5 nitrogen and oxygen atoms in total. The molecule has 2 atom stereocenters. The van der Waals surface area contributed by atoms with E-state index in [1.807, 2.05) is 0 Å². The zero-order chi connectivity index (χ0) is 11.4. The van der Waals surface area contributed by atoms with Gasteiger partial charge in [-0.15, -0.1) is 0 Å². The predicted octanol–water partition coefficient (Wildman–Crippen LogP) is 1.14. The predicted molar refractivity (Wildman–Crippen MR) is 52.5 cm³/mol. The summed E-state index contributed by atoms with van der Waals surface area (Å²) in [5.41, 5.74) is 0. The van der Waals surface area contributed by atoms with Crippen LogP contribution in [0.5, 0.6) is 0 Å². The Bertz CT molecular complexity index is 267. The molecule has 2 N–H and O–H groups in total. The summed E-state index contributed by atoms with van der Waals surface area (Å²) in [7, 11) is -1.85. The number of methoxy groups -OCH3 is 1. The fourth-order valence-electron chi connectivity index (χ4n) is 0.933. The molecule has 0 aliphatic carbocycles. The quantitative estimate of drug-likeness (QED) is 0.520. The lowest BCUT2D eigenvalue weighted by atomic mass is 10.1. The second-order valence-corrected chi connectivity index (χ2v) is 5.67. The van der Waals surface area contributed by atoms with Crippen molar-refractivity contribution in [1.82, 2.24) is 0 Å². The molecule has 82 valence electrons. The molecule has 0 saturated carbocycles. The maximum atomic E-state index is 10.9. The molecule has 0 amide bonds. The normalized spacial score (nSPS) is 16.8. The number of carboxylic acid groups (broad SMARTS) is 1. The van der Waals surface area contributed by atoms with Crippen molar-refractivity contribution in [2.75, 3.05) is 19.9 Å². The summed E-state index contributed by atoms with van der Waals surface area (Å²) in [5.74, 6) is -1.91. The van der Waals surface area contributed by atoms with Gasteiger partial charge in [-0.05, 0) is 6.42 Å². The van der Waals surface area contributed by atoms with Crippen molar-refractivity contribution in [3.05, 3.63) is 12.3 Å². The Morgan fingerprint density at radius 3 is 2.43 bits per heavy atom. The van der Waals surface area contributed by atoms with Crippen LogP contribution in [0.25, 0.3) is 0 Å². The Hall–Kier alpha value is -0.800. The van der Waals surface area contributed by atoms with Crippen molar-refractivity contribution in [3.63, 3.8) is 0 Å². The van der Waals surface area contributed by atoms with Gasteiger partial charge < -0.3 is 14.7 Å². The number of carbonyl (C=O) groups is 1. The molecule has 0 spiro atoms. The highest BCUT2D eigenvalue weighted by Gasteiger charge is 2.24. The first-order valence-corrected chi connectivity index (χ1v) is 6.32. The second kappa shape index (κ2) is 5.17. The Morgan fingerprint density at radius 1 is 1.64 bits per heavy atom. The van der Waals surface area contributed by atoms with Crippen LogP contribution in [-0.2, 0) is 14.1 Å². The largest absolute Gasteiger partial charge is 0.501 e. The summed E-state index contributed by atoms with van der Waals surface area (Å²) >= 11 is 0. The molecule has 0 aromatic heterocycles. The van der Waals surface area contributed by atoms with Crippen molar-refractivity contribution in [3.8, 4) is 0 Å². The zero-order valence-corrected chi connectivity index (χ0v) is 9.16. The molecule has 0 heterocycles. The van der Waals surface area contributed by atoms with E-state index in [4.69, 9.17) is 14.7 Å². The fourth-order valence-corrected chi connectivity index (χ4v) is 1.67. The third kappa shape index (κ3) is 5.04. The summed E-state index contributed by atoms with van der Waals surface area (Å²) in [5, 5.41) is 8.76. The van der Waals surface area contributed by atoms with Crippen molar-refractivity contribution in [2.24, 2.45) is 5.92 Å². The van der Waals surface area contributed by atoms with Crippen LogP contribution in [0.3, 0.4) is 0 Å². The average Bonchev–Trinajstić information content (AvgIpc) is 2.01. The van der Waals surface area contributed by atoms with E-state index >= 15 is 0 Å². The van der Waals surface area contributed by atoms with Gasteiger partial charge in [-0.25, -0.2) is 0 Å². The molecule has 0 aromatic rings. The standard InChI is InChI=1S/C8H15O5P/c1-6(13-2)7(8(9)10)4-5-14(3,11)12/h7H,1,4-5H2,2-3H3,(H,9,10)(H,11,12). The Balaban J connectivity index is 4.33. The van der Waals surface area contributed by atoms with Crippen molar-refractivity contribution >= 4 is 13.3 Å². The molecule has 0 bridgehead atoms. The molecule has 0 fully saturated rings. The molecule has 6 heteroatoms. The van der Waals surface area contributed by atoms with Gasteiger partial charge in [0.1, 0.15) is 11.7 Å². The zero-order valence-electron chi connectivity index (χ0n) is 8.27. The maximum absolute atomic E-state index is 10.9. The van der Waals surface area contributed by atoms with Crippen LogP contribution in [0, 0.1) is 5.92 Å². The third-order valence-corrected chi connectivity index (χ3v) is 2.87. The smallest absolute Gasteiger partial charge is 0.314 e. The van der Waals surface area contributed by atoms with Gasteiger partial charge >= 0.3 is 5.97 Å². The molecule has 14 heavy (non-hydrogen) atoms. The Kier molecular flexibility index (Phi) is 4.88. The number of ether oxygens (including phenoxy) is 1. The maximum Gasteiger partial charge on any atom is 0.314 e. The van der Waals surface area contributed by atoms with Crippen LogP contribution in [0.2, 0.25) is 0 Å². The van der Waals surface area contributed by atoms with Crippen LogP contribution in [0.4, 0.5) is 0 Å². The minimum absolute atomic E-state index is 0.0493. The summed E-state index contributed by atoms with van der Waals surface area (Å²) in [4.78, 5) is 19.7.